The number of aromatic nitrogens is 3. The molecule has 0 N–H and O–H groups in total. The normalized spacial score (nSPS) is 15.7. The molecule has 1 fully saturated rings. The predicted molar refractivity (Wildman–Crippen MR) is 155 cm³/mol. The van der Waals surface area contributed by atoms with E-state index < -0.39 is 0 Å². The van der Waals surface area contributed by atoms with Crippen LogP contribution in [0, 0.1) is 6.92 Å². The topological polar surface area (TPSA) is 63.4 Å². The molecule has 5 rings (SSSR count). The minimum Gasteiger partial charge on any atom is -0.370 e. The zero-order chi connectivity index (χ0) is 25.2. The lowest BCUT2D eigenvalue weighted by Gasteiger charge is -2.40. The molecule has 1 aliphatic heterocycles. The molecule has 1 atom stereocenters. The van der Waals surface area contributed by atoms with Crippen LogP contribution in [0.1, 0.15) is 29.7 Å². The Balaban J connectivity index is 0.00000320. The van der Waals surface area contributed by atoms with E-state index in [0.717, 1.165) is 60.3 Å². The van der Waals surface area contributed by atoms with Gasteiger partial charge in [-0.15, -0.1) is 0 Å². The van der Waals surface area contributed by atoms with Gasteiger partial charge in [0.15, 0.2) is 5.43 Å². The van der Waals surface area contributed by atoms with Crippen molar-refractivity contribution >= 4 is 30.1 Å². The van der Waals surface area contributed by atoms with Gasteiger partial charge in [0.1, 0.15) is 0 Å². The highest BCUT2D eigenvalue weighted by Crippen LogP contribution is 2.24. The molecule has 194 valence electrons. The first-order valence-corrected chi connectivity index (χ1v) is 12.5. The Kier molecular flexibility index (Phi) is 8.19. The summed E-state index contributed by atoms with van der Waals surface area (Å²) in [6, 6.07) is 15.9. The summed E-state index contributed by atoms with van der Waals surface area (Å²) in [6.07, 6.45) is 7.74. The van der Waals surface area contributed by atoms with Crippen LogP contribution < -0.4 is 15.9 Å². The molecule has 0 spiro atoms. The van der Waals surface area contributed by atoms with E-state index in [1.807, 2.05) is 67.5 Å². The summed E-state index contributed by atoms with van der Waals surface area (Å²) in [6.45, 7) is 5.03. The molecule has 1 aromatic carbocycles. The maximum absolute atomic E-state index is 13.5. The highest BCUT2D eigenvalue weighted by Gasteiger charge is 2.27. The maximum atomic E-state index is 13.5. The largest absolute Gasteiger partial charge is 0.370 e. The van der Waals surface area contributed by atoms with Crippen LogP contribution in [0.15, 0.2) is 76.7 Å². The van der Waals surface area contributed by atoms with Crippen molar-refractivity contribution in [1.82, 2.24) is 19.0 Å². The zero-order valence-electron chi connectivity index (χ0n) is 21.7. The predicted octanol–water partition coefficient (Wildman–Crippen LogP) is 3.72. The summed E-state index contributed by atoms with van der Waals surface area (Å²) in [4.78, 5) is 34.8. The second-order valence-corrected chi connectivity index (χ2v) is 9.90. The molecule has 0 bridgehead atoms. The number of benzene rings is 1. The van der Waals surface area contributed by atoms with Gasteiger partial charge in [-0.1, -0.05) is 12.1 Å². The van der Waals surface area contributed by atoms with E-state index >= 15 is 0 Å². The van der Waals surface area contributed by atoms with Gasteiger partial charge in [-0.05, 0) is 55.7 Å². The second kappa shape index (κ2) is 11.4. The molecule has 8 heteroatoms. The van der Waals surface area contributed by atoms with Crippen molar-refractivity contribution in [1.29, 1.82) is 0 Å². The van der Waals surface area contributed by atoms with Crippen LogP contribution in [0.5, 0.6) is 0 Å². The van der Waals surface area contributed by atoms with Gasteiger partial charge >= 0.3 is 0 Å². The number of anilines is 1. The molecule has 3 aromatic heterocycles. The molecule has 4 heterocycles. The first-order chi connectivity index (χ1) is 17.4. The Hall–Kier alpha value is -3.36. The summed E-state index contributed by atoms with van der Waals surface area (Å²) in [5.41, 5.74) is 4.97. The summed E-state index contributed by atoms with van der Waals surface area (Å²) in [5.74, 6) is 0. The van der Waals surface area contributed by atoms with Gasteiger partial charge in [0, 0.05) is 93.3 Å². The van der Waals surface area contributed by atoms with Crippen molar-refractivity contribution in [2.45, 2.75) is 38.9 Å². The van der Waals surface area contributed by atoms with Gasteiger partial charge in [-0.2, -0.15) is 13.5 Å². The van der Waals surface area contributed by atoms with Gasteiger partial charge in [-0.3, -0.25) is 19.5 Å². The van der Waals surface area contributed by atoms with E-state index in [0.29, 0.717) is 6.54 Å². The lowest BCUT2D eigenvalue weighted by atomic mass is 10.0. The molecule has 37 heavy (non-hydrogen) atoms. The van der Waals surface area contributed by atoms with Crippen LogP contribution in [0.25, 0.3) is 10.9 Å². The summed E-state index contributed by atoms with van der Waals surface area (Å²) < 4.78 is 3.65. The van der Waals surface area contributed by atoms with Crippen LogP contribution in [0.4, 0.5) is 5.69 Å². The molecular weight excluding hydrogens is 482 g/mol. The van der Waals surface area contributed by atoms with Crippen molar-refractivity contribution in [3.05, 3.63) is 105 Å². The Morgan fingerprint density at radius 3 is 2.62 bits per heavy atom. The molecular formula is C29H35N5O2S. The maximum Gasteiger partial charge on any atom is 0.252 e. The van der Waals surface area contributed by atoms with Crippen LogP contribution in [0.2, 0.25) is 0 Å². The van der Waals surface area contributed by atoms with Gasteiger partial charge < -0.3 is 14.0 Å². The standard InChI is InChI=1S/C29H33N5O2.H2S/c1-21-15-22(10-12-30-21)17-34(19-23-18-32(3)27-9-5-4-8-26(27)29(23)36)25-7-6-13-33(20-25)24-11-14-31(2)28(35)16-24;/h4-5,8-12,14-16,18,25H,6-7,13,17,19-20H2,1-3H3;1H2/t25-;/m0./s1. The second-order valence-electron chi connectivity index (χ2n) is 9.90. The number of hydrogen-bond donors (Lipinski definition) is 0. The van der Waals surface area contributed by atoms with E-state index in [4.69, 9.17) is 0 Å². The van der Waals surface area contributed by atoms with Crippen LogP contribution in [-0.2, 0) is 27.2 Å². The van der Waals surface area contributed by atoms with Gasteiger partial charge in [-0.25, -0.2) is 0 Å². The number of aryl methyl sites for hydroxylation is 3. The Labute approximate surface area is 224 Å². The van der Waals surface area contributed by atoms with Gasteiger partial charge in [0.25, 0.3) is 5.56 Å². The summed E-state index contributed by atoms with van der Waals surface area (Å²) in [5, 5.41) is 0.752. The molecule has 4 aromatic rings. The Morgan fingerprint density at radius 1 is 1.03 bits per heavy atom. The van der Waals surface area contributed by atoms with E-state index in [2.05, 4.69) is 26.9 Å². The molecule has 0 radical (unpaired) electrons. The van der Waals surface area contributed by atoms with Crippen LogP contribution >= 0.6 is 13.5 Å². The molecule has 0 saturated carbocycles. The minimum atomic E-state index is -0.00148. The van der Waals surface area contributed by atoms with Gasteiger partial charge in [0.05, 0.1) is 5.52 Å². The lowest BCUT2D eigenvalue weighted by molar-refractivity contribution is 0.158. The molecule has 1 saturated heterocycles. The van der Waals surface area contributed by atoms with Crippen molar-refractivity contribution < 1.29 is 0 Å². The third kappa shape index (κ3) is 5.81. The number of fused-ring (bicyclic) bond motifs is 1. The molecule has 0 amide bonds. The first-order valence-electron chi connectivity index (χ1n) is 12.5. The van der Waals surface area contributed by atoms with Crippen molar-refractivity contribution in [3.63, 3.8) is 0 Å². The summed E-state index contributed by atoms with van der Waals surface area (Å²) >= 11 is 0. The number of pyridine rings is 3. The number of nitrogens with zero attached hydrogens (tertiary/aromatic N) is 5. The molecule has 0 unspecified atom stereocenters. The minimum absolute atomic E-state index is 0. The van der Waals surface area contributed by atoms with Gasteiger partial charge in [0.2, 0.25) is 0 Å². The average Bonchev–Trinajstić information content (AvgIpc) is 2.88. The number of piperidine rings is 1. The fraction of sp³-hybridized carbons (Fsp3) is 0.345. The monoisotopic (exact) mass is 517 g/mol. The van der Waals surface area contributed by atoms with E-state index in [1.165, 1.54) is 5.56 Å². The Bertz CT molecular complexity index is 1510. The van der Waals surface area contributed by atoms with E-state index in [9.17, 15) is 9.59 Å². The fourth-order valence-corrected chi connectivity index (χ4v) is 5.31. The van der Waals surface area contributed by atoms with Crippen LogP contribution in [-0.4, -0.2) is 38.1 Å². The molecule has 1 aliphatic rings. The lowest BCUT2D eigenvalue weighted by Crippen LogP contribution is -2.48. The highest BCUT2D eigenvalue weighted by atomic mass is 32.1. The highest BCUT2D eigenvalue weighted by molar-refractivity contribution is 7.59. The SMILES string of the molecule is Cc1cc(CN(Cc2cn(C)c3ccccc3c2=O)[C@H]2CCCN(c3ccn(C)c(=O)c3)C2)ccn1.S. The summed E-state index contributed by atoms with van der Waals surface area (Å²) in [7, 11) is 3.77. The van der Waals surface area contributed by atoms with Crippen LogP contribution in [0.3, 0.4) is 0 Å². The third-order valence-corrected chi connectivity index (χ3v) is 7.26. The number of hydrogen-bond acceptors (Lipinski definition) is 5. The van der Waals surface area contributed by atoms with Crippen molar-refractivity contribution in [2.75, 3.05) is 18.0 Å². The van der Waals surface area contributed by atoms with Crippen molar-refractivity contribution in [2.24, 2.45) is 14.1 Å². The number of para-hydroxylation sites is 1. The zero-order valence-corrected chi connectivity index (χ0v) is 22.7. The van der Waals surface area contributed by atoms with E-state index in [-0.39, 0.29) is 30.5 Å². The fourth-order valence-electron chi connectivity index (χ4n) is 5.31. The molecule has 7 nitrogen and oxygen atoms in total. The first kappa shape index (κ1) is 26.7. The smallest absolute Gasteiger partial charge is 0.252 e. The average molecular weight is 518 g/mol. The Morgan fingerprint density at radius 2 is 1.84 bits per heavy atom. The quantitative estimate of drug-likeness (QED) is 0.390. The van der Waals surface area contributed by atoms with Crippen molar-refractivity contribution in [3.8, 4) is 0 Å². The third-order valence-electron chi connectivity index (χ3n) is 7.26. The molecule has 0 aliphatic carbocycles. The van der Waals surface area contributed by atoms with E-state index in [1.54, 1.807) is 17.7 Å². The number of rotatable bonds is 6.